The van der Waals surface area contributed by atoms with Gasteiger partial charge in [0, 0.05) is 16.5 Å². The minimum atomic E-state index is -1.93. The first-order chi connectivity index (χ1) is 10.4. The molecule has 0 spiro atoms. The van der Waals surface area contributed by atoms with Gasteiger partial charge in [-0.25, -0.2) is 4.79 Å². The lowest BCUT2D eigenvalue weighted by Crippen LogP contribution is -2.39. The summed E-state index contributed by atoms with van der Waals surface area (Å²) in [5.41, 5.74) is -1.24. The fourth-order valence-corrected chi connectivity index (χ4v) is 2.83. The summed E-state index contributed by atoms with van der Waals surface area (Å²) < 4.78 is 5.16. The number of halogens is 2. The van der Waals surface area contributed by atoms with Crippen molar-refractivity contribution < 1.29 is 19.7 Å². The molecule has 0 aliphatic heterocycles. The second kappa shape index (κ2) is 6.69. The van der Waals surface area contributed by atoms with Crippen molar-refractivity contribution in [3.8, 4) is 5.75 Å². The molecule has 2 N–H and O–H groups in total. The number of aromatic hydroxyl groups is 1. The van der Waals surface area contributed by atoms with E-state index in [2.05, 4.69) is 15.9 Å². The number of benzene rings is 2. The molecule has 0 aliphatic carbocycles. The van der Waals surface area contributed by atoms with Crippen molar-refractivity contribution in [1.82, 2.24) is 0 Å². The lowest BCUT2D eigenvalue weighted by Gasteiger charge is -2.26. The van der Waals surface area contributed by atoms with Crippen LogP contribution < -0.4 is 0 Å². The second-order valence-corrected chi connectivity index (χ2v) is 5.95. The van der Waals surface area contributed by atoms with Crippen LogP contribution in [-0.2, 0) is 21.6 Å². The molecule has 0 bridgehead atoms. The van der Waals surface area contributed by atoms with Gasteiger partial charge >= 0.3 is 5.97 Å². The van der Waals surface area contributed by atoms with E-state index in [1.54, 1.807) is 30.3 Å². The van der Waals surface area contributed by atoms with E-state index in [0.717, 1.165) is 0 Å². The zero-order chi connectivity index (χ0) is 16.3. The van der Waals surface area contributed by atoms with Crippen LogP contribution in [0.15, 0.2) is 46.9 Å². The normalized spacial score (nSPS) is 13.5. The maximum absolute atomic E-state index is 12.1. The van der Waals surface area contributed by atoms with Gasteiger partial charge in [-0.05, 0) is 33.6 Å². The largest absolute Gasteiger partial charge is 0.508 e. The first-order valence-corrected chi connectivity index (χ1v) is 7.59. The molecule has 0 amide bonds. The quantitative estimate of drug-likeness (QED) is 0.792. The summed E-state index contributed by atoms with van der Waals surface area (Å²) in [5.74, 6) is -0.889. The van der Waals surface area contributed by atoms with Gasteiger partial charge in [0.1, 0.15) is 5.75 Å². The van der Waals surface area contributed by atoms with Crippen LogP contribution in [0.2, 0.25) is 5.02 Å². The highest BCUT2D eigenvalue weighted by Gasteiger charge is 2.40. The van der Waals surface area contributed by atoms with E-state index < -0.39 is 11.6 Å². The minimum Gasteiger partial charge on any atom is -0.508 e. The number of hydrogen-bond acceptors (Lipinski definition) is 4. The highest BCUT2D eigenvalue weighted by Crippen LogP contribution is 2.38. The Morgan fingerprint density at radius 1 is 1.27 bits per heavy atom. The predicted molar refractivity (Wildman–Crippen MR) is 86.9 cm³/mol. The Hall–Kier alpha value is -1.56. The summed E-state index contributed by atoms with van der Waals surface area (Å²) in [6.07, 6.45) is -0.184. The summed E-state index contributed by atoms with van der Waals surface area (Å²) in [6, 6.07) is 11.3. The van der Waals surface area contributed by atoms with Crippen LogP contribution in [0.1, 0.15) is 11.1 Å². The number of esters is 1. The lowest BCUT2D eigenvalue weighted by molar-refractivity contribution is -0.163. The Labute approximate surface area is 141 Å². The van der Waals surface area contributed by atoms with E-state index in [0.29, 0.717) is 20.6 Å². The molecular weight excluding hydrogens is 372 g/mol. The summed E-state index contributed by atoms with van der Waals surface area (Å²) in [4.78, 5) is 12.1. The van der Waals surface area contributed by atoms with Crippen LogP contribution in [0.3, 0.4) is 0 Å². The van der Waals surface area contributed by atoms with Crippen LogP contribution in [0, 0.1) is 0 Å². The second-order valence-electron chi connectivity index (χ2n) is 4.75. The molecule has 0 saturated heterocycles. The maximum atomic E-state index is 12.1. The molecule has 0 aliphatic rings. The number of rotatable bonds is 4. The number of hydrogen-bond donors (Lipinski definition) is 2. The Morgan fingerprint density at radius 3 is 2.50 bits per heavy atom. The van der Waals surface area contributed by atoms with Crippen molar-refractivity contribution in [2.24, 2.45) is 0 Å². The number of phenolic OH excluding ortho intramolecular Hbond substituents is 1. The molecule has 1 atom stereocenters. The molecule has 22 heavy (non-hydrogen) atoms. The van der Waals surface area contributed by atoms with Crippen LogP contribution in [0.5, 0.6) is 5.75 Å². The Bertz CT molecular complexity index is 690. The number of methoxy groups -OCH3 is 1. The van der Waals surface area contributed by atoms with Gasteiger partial charge in [-0.15, -0.1) is 0 Å². The third kappa shape index (κ3) is 3.11. The highest BCUT2D eigenvalue weighted by atomic mass is 79.9. The molecule has 0 fully saturated rings. The molecule has 2 aromatic rings. The van der Waals surface area contributed by atoms with E-state index in [1.165, 1.54) is 19.2 Å². The van der Waals surface area contributed by atoms with Crippen LogP contribution in [0.25, 0.3) is 0 Å². The van der Waals surface area contributed by atoms with E-state index >= 15 is 0 Å². The topological polar surface area (TPSA) is 66.8 Å². The first-order valence-electron chi connectivity index (χ1n) is 6.42. The van der Waals surface area contributed by atoms with Gasteiger partial charge in [0.15, 0.2) is 5.60 Å². The zero-order valence-corrected chi connectivity index (χ0v) is 14.1. The summed E-state index contributed by atoms with van der Waals surface area (Å²) >= 11 is 9.29. The van der Waals surface area contributed by atoms with Gasteiger partial charge in [-0.3, -0.25) is 0 Å². The molecule has 1 unspecified atom stereocenters. The molecule has 0 saturated carbocycles. The smallest absolute Gasteiger partial charge is 0.342 e. The maximum Gasteiger partial charge on any atom is 0.342 e. The standard InChI is InChI=1S/C16H14BrClO4/c1-22-15(20)16(21,10-5-3-2-4-6-10)9-11-13(19)8-7-12(18)14(11)17/h2-8,19,21H,9H2,1H3. The van der Waals surface area contributed by atoms with Gasteiger partial charge < -0.3 is 14.9 Å². The van der Waals surface area contributed by atoms with Gasteiger partial charge in [0.05, 0.1) is 12.1 Å². The molecule has 0 aromatic heterocycles. The number of aliphatic hydroxyl groups is 1. The molecule has 2 aromatic carbocycles. The van der Waals surface area contributed by atoms with Crippen molar-refractivity contribution in [3.05, 3.63) is 63.1 Å². The number of carbonyl (C=O) groups is 1. The average Bonchev–Trinajstić information content (AvgIpc) is 2.55. The van der Waals surface area contributed by atoms with Gasteiger partial charge in [-0.2, -0.15) is 0 Å². The van der Waals surface area contributed by atoms with Crippen LogP contribution >= 0.6 is 27.5 Å². The van der Waals surface area contributed by atoms with Crippen molar-refractivity contribution in [3.63, 3.8) is 0 Å². The molecule has 2 rings (SSSR count). The third-order valence-electron chi connectivity index (χ3n) is 3.38. The van der Waals surface area contributed by atoms with E-state index in [1.807, 2.05) is 0 Å². The van der Waals surface area contributed by atoms with E-state index in [-0.39, 0.29) is 12.2 Å². The average molecular weight is 386 g/mol. The predicted octanol–water partition coefficient (Wildman–Crippen LogP) is 3.41. The van der Waals surface area contributed by atoms with Gasteiger partial charge in [-0.1, -0.05) is 41.9 Å². The Balaban J connectivity index is 2.54. The zero-order valence-electron chi connectivity index (χ0n) is 11.7. The molecular formula is C16H14BrClO4. The van der Waals surface area contributed by atoms with E-state index in [9.17, 15) is 15.0 Å². The molecule has 0 heterocycles. The molecule has 4 nitrogen and oxygen atoms in total. The SMILES string of the molecule is COC(=O)C(O)(Cc1c(O)ccc(Cl)c1Br)c1ccccc1. The molecule has 0 radical (unpaired) electrons. The fourth-order valence-electron chi connectivity index (χ4n) is 2.18. The summed E-state index contributed by atoms with van der Waals surface area (Å²) in [7, 11) is 1.20. The van der Waals surface area contributed by atoms with Crippen molar-refractivity contribution in [1.29, 1.82) is 0 Å². The van der Waals surface area contributed by atoms with Crippen LogP contribution in [0.4, 0.5) is 0 Å². The number of carbonyl (C=O) groups excluding carboxylic acids is 1. The summed E-state index contributed by atoms with van der Waals surface area (Å²) in [6.45, 7) is 0. The minimum absolute atomic E-state index is 0.0745. The monoisotopic (exact) mass is 384 g/mol. The van der Waals surface area contributed by atoms with E-state index in [4.69, 9.17) is 16.3 Å². The number of phenols is 1. The fraction of sp³-hybridized carbons (Fsp3) is 0.188. The van der Waals surface area contributed by atoms with Crippen molar-refractivity contribution >= 4 is 33.5 Å². The molecule has 6 heteroatoms. The Morgan fingerprint density at radius 2 is 1.91 bits per heavy atom. The van der Waals surface area contributed by atoms with Gasteiger partial charge in [0.25, 0.3) is 0 Å². The van der Waals surface area contributed by atoms with Gasteiger partial charge in [0.2, 0.25) is 0 Å². The highest BCUT2D eigenvalue weighted by molar-refractivity contribution is 9.10. The van der Waals surface area contributed by atoms with Crippen LogP contribution in [-0.4, -0.2) is 23.3 Å². The number of ether oxygens (including phenoxy) is 1. The summed E-state index contributed by atoms with van der Waals surface area (Å²) in [5, 5.41) is 21.3. The van der Waals surface area contributed by atoms with Crippen molar-refractivity contribution in [2.45, 2.75) is 12.0 Å². The first kappa shape index (κ1) is 16.8. The lowest BCUT2D eigenvalue weighted by atomic mass is 9.87. The molecule has 116 valence electrons. The third-order valence-corrected chi connectivity index (χ3v) is 4.83. The van der Waals surface area contributed by atoms with Crippen molar-refractivity contribution in [2.75, 3.05) is 7.11 Å². The Kier molecular flexibility index (Phi) is 5.11.